The van der Waals surface area contributed by atoms with E-state index in [4.69, 9.17) is 0 Å². The second-order valence-electron chi connectivity index (χ2n) is 2.59. The Hall–Kier alpha value is -0.266. The Balaban J connectivity index is 0.000000720. The minimum absolute atomic E-state index is 0. The normalized spacial score (nSPS) is 9.42. The summed E-state index contributed by atoms with van der Waals surface area (Å²) in [4.78, 5) is 4.08. The van der Waals surface area contributed by atoms with Crippen LogP contribution in [0.4, 0.5) is 0 Å². The van der Waals surface area contributed by atoms with Gasteiger partial charge < -0.3 is 4.98 Å². The molecule has 0 saturated carbocycles. The second-order valence-corrected chi connectivity index (χ2v) is 2.59. The van der Waals surface area contributed by atoms with E-state index >= 15 is 0 Å². The molecule has 0 spiro atoms. The molecule has 0 unspecified atom stereocenters. The van der Waals surface area contributed by atoms with Crippen molar-refractivity contribution in [3.8, 4) is 0 Å². The first-order valence-electron chi connectivity index (χ1n) is 3.59. The van der Waals surface area contributed by atoms with Gasteiger partial charge in [0.1, 0.15) is 0 Å². The third-order valence-electron chi connectivity index (χ3n) is 1.78. The fourth-order valence-electron chi connectivity index (χ4n) is 1.19. The summed E-state index contributed by atoms with van der Waals surface area (Å²) in [5.41, 5.74) is 1.21. The van der Waals surface area contributed by atoms with Crippen LogP contribution in [0.5, 0.6) is 0 Å². The van der Waals surface area contributed by atoms with Crippen molar-refractivity contribution in [3.05, 3.63) is 42.2 Å². The summed E-state index contributed by atoms with van der Waals surface area (Å²) in [5.74, 6) is 0. The van der Waals surface area contributed by atoms with Gasteiger partial charge >= 0.3 is 0 Å². The fourth-order valence-corrected chi connectivity index (χ4v) is 1.19. The van der Waals surface area contributed by atoms with Crippen molar-refractivity contribution in [3.63, 3.8) is 0 Å². The Kier molecular flexibility index (Phi) is 3.36. The number of hydrogen-bond donors (Lipinski definition) is 0. The molecule has 1 heterocycles. The molecule has 1 radical (unpaired) electrons. The average Bonchev–Trinajstić information content (AvgIpc) is 2.06. The van der Waals surface area contributed by atoms with Crippen molar-refractivity contribution >= 4 is 10.8 Å². The molecule has 2 aromatic rings. The summed E-state index contributed by atoms with van der Waals surface area (Å²) in [7, 11) is 0. The molecule has 1 nitrogen and oxygen atoms in total. The van der Waals surface area contributed by atoms with Gasteiger partial charge in [-0.1, -0.05) is 5.56 Å². The van der Waals surface area contributed by atoms with E-state index in [0.717, 1.165) is 5.39 Å². The summed E-state index contributed by atoms with van der Waals surface area (Å²) in [6.45, 7) is 2.06. The van der Waals surface area contributed by atoms with Crippen LogP contribution in [0.3, 0.4) is 0 Å². The van der Waals surface area contributed by atoms with Gasteiger partial charge in [-0.3, -0.25) is 0 Å². The molecule has 1 aromatic heterocycles. The smallest absolute Gasteiger partial charge is 0.00965 e. The summed E-state index contributed by atoms with van der Waals surface area (Å²) < 4.78 is 0. The van der Waals surface area contributed by atoms with Crippen LogP contribution in [-0.4, -0.2) is 4.98 Å². The summed E-state index contributed by atoms with van der Waals surface area (Å²) in [6.07, 6.45) is 3.71. The first-order valence-corrected chi connectivity index (χ1v) is 3.59. The predicted octanol–water partition coefficient (Wildman–Crippen LogP) is 2.34. The number of pyridine rings is 1. The minimum Gasteiger partial charge on any atom is -0.313 e. The van der Waals surface area contributed by atoms with Crippen molar-refractivity contribution in [2.45, 2.75) is 6.92 Å². The molecule has 12 heavy (non-hydrogen) atoms. The van der Waals surface area contributed by atoms with Crippen LogP contribution < -0.4 is 0 Å². The maximum absolute atomic E-state index is 4.08. The van der Waals surface area contributed by atoms with Crippen molar-refractivity contribution < 1.29 is 32.7 Å². The number of fused-ring (bicyclic) bond motifs is 1. The van der Waals surface area contributed by atoms with E-state index in [9.17, 15) is 0 Å². The number of benzene rings is 1. The second kappa shape index (κ2) is 4.11. The molecule has 0 bridgehead atoms. The van der Waals surface area contributed by atoms with E-state index in [0.29, 0.717) is 0 Å². The SMILES string of the molecule is Cc1cncc2[c-]cccc12.[Y]. The Morgan fingerprint density at radius 3 is 2.92 bits per heavy atom. The van der Waals surface area contributed by atoms with Crippen LogP contribution in [0.2, 0.25) is 0 Å². The van der Waals surface area contributed by atoms with Crippen LogP contribution in [0.15, 0.2) is 30.6 Å². The molecular weight excluding hydrogens is 223 g/mol. The molecule has 0 amide bonds. The number of nitrogens with zero attached hydrogens (tertiary/aromatic N) is 1. The molecule has 0 saturated heterocycles. The van der Waals surface area contributed by atoms with E-state index in [1.165, 1.54) is 10.9 Å². The van der Waals surface area contributed by atoms with Crippen molar-refractivity contribution in [1.29, 1.82) is 0 Å². The number of aromatic nitrogens is 1. The quantitative estimate of drug-likeness (QED) is 0.634. The summed E-state index contributed by atoms with van der Waals surface area (Å²) >= 11 is 0. The Morgan fingerprint density at radius 2 is 2.17 bits per heavy atom. The van der Waals surface area contributed by atoms with E-state index in [1.807, 2.05) is 24.5 Å². The van der Waals surface area contributed by atoms with Crippen LogP contribution >= 0.6 is 0 Å². The summed E-state index contributed by atoms with van der Waals surface area (Å²) in [5, 5.41) is 2.33. The van der Waals surface area contributed by atoms with E-state index in [2.05, 4.69) is 24.0 Å². The maximum atomic E-state index is 4.08. The molecule has 1 aromatic carbocycles. The molecule has 0 atom stereocenters. The van der Waals surface area contributed by atoms with Gasteiger partial charge in [0.2, 0.25) is 0 Å². The van der Waals surface area contributed by atoms with E-state index < -0.39 is 0 Å². The first kappa shape index (κ1) is 9.82. The standard InChI is InChI=1S/C10H8N.Y/c1-8-6-11-7-9-4-2-3-5-10(8)9;/h2-3,5-7H,1H3;/q-1;. The van der Waals surface area contributed by atoms with E-state index in [-0.39, 0.29) is 32.7 Å². The largest absolute Gasteiger partial charge is 0.313 e. The molecular formula is C10H8NY-. The first-order chi connectivity index (χ1) is 5.38. The Bertz CT molecular complexity index is 379. The zero-order valence-electron chi connectivity index (χ0n) is 6.91. The Morgan fingerprint density at radius 1 is 1.33 bits per heavy atom. The third kappa shape index (κ3) is 1.73. The average molecular weight is 231 g/mol. The zero-order valence-corrected chi connectivity index (χ0v) is 9.75. The van der Waals surface area contributed by atoms with Gasteiger partial charge in [-0.15, -0.1) is 35.0 Å². The van der Waals surface area contributed by atoms with Crippen LogP contribution in [0.25, 0.3) is 10.8 Å². The van der Waals surface area contributed by atoms with Gasteiger partial charge in [0.15, 0.2) is 0 Å². The topological polar surface area (TPSA) is 12.9 Å². The number of rotatable bonds is 0. The van der Waals surface area contributed by atoms with Gasteiger partial charge in [-0.25, -0.2) is 0 Å². The van der Waals surface area contributed by atoms with E-state index in [1.54, 1.807) is 0 Å². The predicted molar refractivity (Wildman–Crippen MR) is 45.3 cm³/mol. The molecule has 2 heteroatoms. The van der Waals surface area contributed by atoms with Gasteiger partial charge in [0.05, 0.1) is 0 Å². The van der Waals surface area contributed by atoms with Crippen molar-refractivity contribution in [1.82, 2.24) is 4.98 Å². The number of aryl methyl sites for hydroxylation is 1. The van der Waals surface area contributed by atoms with Crippen molar-refractivity contribution in [2.24, 2.45) is 0 Å². The van der Waals surface area contributed by atoms with Gasteiger partial charge in [0.25, 0.3) is 0 Å². The van der Waals surface area contributed by atoms with Crippen molar-refractivity contribution in [2.75, 3.05) is 0 Å². The molecule has 2 rings (SSSR count). The van der Waals surface area contributed by atoms with Gasteiger partial charge in [-0.05, 0) is 13.1 Å². The number of hydrogen-bond acceptors (Lipinski definition) is 1. The molecule has 0 aliphatic carbocycles. The minimum atomic E-state index is 0. The summed E-state index contributed by atoms with van der Waals surface area (Å²) in [6, 6.07) is 9.12. The zero-order chi connectivity index (χ0) is 7.68. The molecule has 0 aliphatic heterocycles. The van der Waals surface area contributed by atoms with Crippen LogP contribution in [0, 0.1) is 13.0 Å². The molecule has 0 aliphatic rings. The monoisotopic (exact) mass is 231 g/mol. The molecule has 57 valence electrons. The molecule has 0 N–H and O–H groups in total. The fraction of sp³-hybridized carbons (Fsp3) is 0.100. The molecule has 0 fully saturated rings. The maximum Gasteiger partial charge on any atom is 0.00965 e. The third-order valence-corrected chi connectivity index (χ3v) is 1.78. The van der Waals surface area contributed by atoms with Crippen LogP contribution in [-0.2, 0) is 32.7 Å². The van der Waals surface area contributed by atoms with Gasteiger partial charge in [-0.2, -0.15) is 0 Å². The van der Waals surface area contributed by atoms with Crippen LogP contribution in [0.1, 0.15) is 5.56 Å². The Labute approximate surface area is 97.1 Å². The van der Waals surface area contributed by atoms with Gasteiger partial charge in [0, 0.05) is 38.9 Å².